The van der Waals surface area contributed by atoms with Crippen molar-refractivity contribution in [3.8, 4) is 21.1 Å². The number of aryl methyl sites for hydroxylation is 2. The zero-order valence-electron chi connectivity index (χ0n) is 15.6. The molecule has 140 valence electrons. The monoisotopic (exact) mass is 392 g/mol. The SMILES string of the molecule is C=NC(=NC)c1cc2c(ccn2C)c(-c2sc(-c3cncc(F)c3)nc2C)n1. The van der Waals surface area contributed by atoms with Crippen molar-refractivity contribution in [3.63, 3.8) is 0 Å². The number of aliphatic imine (C=N–C) groups is 2. The Balaban J connectivity index is 1.95. The van der Waals surface area contributed by atoms with Crippen LogP contribution in [0.3, 0.4) is 0 Å². The Morgan fingerprint density at radius 2 is 2.07 bits per heavy atom. The molecule has 0 aliphatic carbocycles. The lowest BCUT2D eigenvalue weighted by Crippen LogP contribution is -2.02. The van der Waals surface area contributed by atoms with Gasteiger partial charge in [-0.1, -0.05) is 0 Å². The van der Waals surface area contributed by atoms with Crippen LogP contribution in [0, 0.1) is 12.7 Å². The van der Waals surface area contributed by atoms with Crippen LogP contribution in [0.4, 0.5) is 4.39 Å². The smallest absolute Gasteiger partial charge is 0.172 e. The third kappa shape index (κ3) is 3.01. The summed E-state index contributed by atoms with van der Waals surface area (Å²) in [7, 11) is 3.64. The number of hydrogen-bond acceptors (Lipinski definition) is 5. The molecule has 0 saturated heterocycles. The molecule has 0 N–H and O–H groups in total. The predicted molar refractivity (Wildman–Crippen MR) is 112 cm³/mol. The molecule has 4 rings (SSSR count). The summed E-state index contributed by atoms with van der Waals surface area (Å²) in [5.74, 6) is 0.0828. The van der Waals surface area contributed by atoms with Gasteiger partial charge < -0.3 is 4.57 Å². The lowest BCUT2D eigenvalue weighted by Gasteiger charge is -2.07. The molecule has 0 aliphatic rings. The molecule has 4 aromatic heterocycles. The van der Waals surface area contributed by atoms with Crippen LogP contribution in [0.2, 0.25) is 0 Å². The van der Waals surface area contributed by atoms with E-state index in [2.05, 4.69) is 26.7 Å². The van der Waals surface area contributed by atoms with Gasteiger partial charge in [0.1, 0.15) is 16.5 Å². The second kappa shape index (κ2) is 7.05. The third-order valence-electron chi connectivity index (χ3n) is 4.44. The first-order valence-corrected chi connectivity index (χ1v) is 9.32. The average Bonchev–Trinajstić information content (AvgIpc) is 3.26. The molecular weight excluding hydrogens is 375 g/mol. The summed E-state index contributed by atoms with van der Waals surface area (Å²) in [6.45, 7) is 5.51. The topological polar surface area (TPSA) is 68.3 Å². The highest BCUT2D eigenvalue weighted by Gasteiger charge is 2.19. The number of hydrogen-bond donors (Lipinski definition) is 0. The van der Waals surface area contributed by atoms with E-state index in [4.69, 9.17) is 4.98 Å². The zero-order chi connectivity index (χ0) is 19.8. The van der Waals surface area contributed by atoms with Crippen molar-refractivity contribution in [2.24, 2.45) is 17.0 Å². The molecule has 4 aromatic rings. The van der Waals surface area contributed by atoms with Crippen molar-refractivity contribution in [1.82, 2.24) is 19.5 Å². The first-order chi connectivity index (χ1) is 13.5. The molecule has 0 fully saturated rings. The van der Waals surface area contributed by atoms with Gasteiger partial charge >= 0.3 is 0 Å². The number of amidine groups is 1. The predicted octanol–water partition coefficient (Wildman–Crippen LogP) is 4.28. The van der Waals surface area contributed by atoms with Crippen molar-refractivity contribution < 1.29 is 4.39 Å². The van der Waals surface area contributed by atoms with Crippen molar-refractivity contribution in [3.05, 3.63) is 54.0 Å². The summed E-state index contributed by atoms with van der Waals surface area (Å²) >= 11 is 1.46. The van der Waals surface area contributed by atoms with E-state index >= 15 is 0 Å². The van der Waals surface area contributed by atoms with E-state index in [0.29, 0.717) is 22.1 Å². The van der Waals surface area contributed by atoms with Crippen molar-refractivity contribution >= 4 is 34.8 Å². The van der Waals surface area contributed by atoms with Gasteiger partial charge in [-0.25, -0.2) is 19.4 Å². The summed E-state index contributed by atoms with van der Waals surface area (Å²) in [6, 6.07) is 5.40. The molecule has 0 spiro atoms. The van der Waals surface area contributed by atoms with Gasteiger partial charge in [0.15, 0.2) is 5.84 Å². The highest BCUT2D eigenvalue weighted by atomic mass is 32.1. The van der Waals surface area contributed by atoms with E-state index in [1.807, 2.05) is 36.9 Å². The number of halogens is 1. The fourth-order valence-electron chi connectivity index (χ4n) is 3.09. The Bertz CT molecular complexity index is 1240. The Hall–Kier alpha value is -3.26. The average molecular weight is 392 g/mol. The summed E-state index contributed by atoms with van der Waals surface area (Å²) in [4.78, 5) is 22.4. The zero-order valence-corrected chi connectivity index (χ0v) is 16.5. The van der Waals surface area contributed by atoms with Crippen LogP contribution in [0.5, 0.6) is 0 Å². The van der Waals surface area contributed by atoms with Gasteiger partial charge in [-0.2, -0.15) is 0 Å². The van der Waals surface area contributed by atoms with E-state index < -0.39 is 5.82 Å². The Labute approximate surface area is 165 Å². The summed E-state index contributed by atoms with van der Waals surface area (Å²) in [6.07, 6.45) is 4.77. The van der Waals surface area contributed by atoms with Crippen LogP contribution in [-0.2, 0) is 7.05 Å². The standard InChI is InChI=1S/C20H17FN6S/c1-11-18(28-20(25-11)12-7-13(21)10-24-9-12)17-14-5-6-27(4)16(14)8-15(26-17)19(22-2)23-3/h5-10H,2H2,1,3-4H3. The van der Waals surface area contributed by atoms with Gasteiger partial charge in [-0.15, -0.1) is 11.3 Å². The van der Waals surface area contributed by atoms with Gasteiger partial charge in [-0.3, -0.25) is 9.98 Å². The van der Waals surface area contributed by atoms with E-state index in [9.17, 15) is 4.39 Å². The van der Waals surface area contributed by atoms with Crippen molar-refractivity contribution in [1.29, 1.82) is 0 Å². The minimum Gasteiger partial charge on any atom is -0.350 e. The van der Waals surface area contributed by atoms with Gasteiger partial charge in [-0.05, 0) is 31.8 Å². The lowest BCUT2D eigenvalue weighted by molar-refractivity contribution is 0.622. The van der Waals surface area contributed by atoms with Crippen molar-refractivity contribution in [2.45, 2.75) is 6.92 Å². The van der Waals surface area contributed by atoms with E-state index in [1.165, 1.54) is 23.6 Å². The summed E-state index contributed by atoms with van der Waals surface area (Å²) in [5.41, 5.74) is 3.91. The molecule has 6 nitrogen and oxygen atoms in total. The number of aromatic nitrogens is 4. The molecular formula is C20H17FN6S. The van der Waals surface area contributed by atoms with E-state index in [-0.39, 0.29) is 0 Å². The highest BCUT2D eigenvalue weighted by molar-refractivity contribution is 7.18. The molecule has 0 atom stereocenters. The molecule has 0 aliphatic heterocycles. The van der Waals surface area contributed by atoms with E-state index in [0.717, 1.165) is 27.2 Å². The molecule has 0 radical (unpaired) electrons. The molecule has 0 aromatic carbocycles. The maximum Gasteiger partial charge on any atom is 0.172 e. The number of thiazole rings is 1. The second-order valence-electron chi connectivity index (χ2n) is 6.25. The van der Waals surface area contributed by atoms with Crippen LogP contribution < -0.4 is 0 Å². The third-order valence-corrected chi connectivity index (χ3v) is 5.65. The largest absolute Gasteiger partial charge is 0.350 e. The Morgan fingerprint density at radius 3 is 2.79 bits per heavy atom. The van der Waals surface area contributed by atoms with Crippen molar-refractivity contribution in [2.75, 3.05) is 7.05 Å². The van der Waals surface area contributed by atoms with E-state index in [1.54, 1.807) is 13.2 Å². The first kappa shape index (κ1) is 18.1. The normalized spacial score (nSPS) is 11.9. The van der Waals surface area contributed by atoms with Gasteiger partial charge in [0.05, 0.1) is 28.0 Å². The fraction of sp³-hybridized carbons (Fsp3) is 0.150. The van der Waals surface area contributed by atoms with Gasteiger partial charge in [0, 0.05) is 37.4 Å². The highest BCUT2D eigenvalue weighted by Crippen LogP contribution is 2.38. The Kier molecular flexibility index (Phi) is 4.56. The van der Waals surface area contributed by atoms with Gasteiger partial charge in [0.25, 0.3) is 0 Å². The first-order valence-electron chi connectivity index (χ1n) is 8.50. The molecule has 0 unspecified atom stereocenters. The van der Waals surface area contributed by atoms with Crippen LogP contribution >= 0.6 is 11.3 Å². The Morgan fingerprint density at radius 1 is 1.25 bits per heavy atom. The van der Waals surface area contributed by atoms with Crippen LogP contribution in [-0.4, -0.2) is 39.1 Å². The molecule has 0 saturated carbocycles. The molecule has 8 heteroatoms. The summed E-state index contributed by atoms with van der Waals surface area (Å²) in [5, 5.41) is 1.70. The molecule has 0 amide bonds. The molecule has 0 bridgehead atoms. The number of rotatable bonds is 3. The number of pyridine rings is 2. The van der Waals surface area contributed by atoms with Gasteiger partial charge in [0.2, 0.25) is 0 Å². The minimum absolute atomic E-state index is 0.390. The molecule has 28 heavy (non-hydrogen) atoms. The fourth-order valence-corrected chi connectivity index (χ4v) is 4.14. The summed E-state index contributed by atoms with van der Waals surface area (Å²) < 4.78 is 15.6. The van der Waals surface area contributed by atoms with Crippen LogP contribution in [0.25, 0.3) is 32.0 Å². The van der Waals surface area contributed by atoms with Crippen LogP contribution in [0.1, 0.15) is 11.4 Å². The minimum atomic E-state index is -0.390. The van der Waals surface area contributed by atoms with Crippen LogP contribution in [0.15, 0.2) is 46.8 Å². The number of fused-ring (bicyclic) bond motifs is 1. The maximum absolute atomic E-state index is 13.6. The number of nitrogens with zero attached hydrogens (tertiary/aromatic N) is 6. The maximum atomic E-state index is 13.6. The quantitative estimate of drug-likeness (QED) is 0.386. The molecule has 4 heterocycles. The second-order valence-corrected chi connectivity index (χ2v) is 7.25. The lowest BCUT2D eigenvalue weighted by atomic mass is 10.1.